The first kappa shape index (κ1) is 12.6. The number of nitrogens with one attached hydrogen (secondary N) is 1. The van der Waals surface area contributed by atoms with E-state index in [0.717, 1.165) is 19.6 Å². The first-order valence-electron chi connectivity index (χ1n) is 6.38. The number of hydrogen-bond acceptors (Lipinski definition) is 3. The van der Waals surface area contributed by atoms with Crippen molar-refractivity contribution in [1.29, 1.82) is 0 Å². The summed E-state index contributed by atoms with van der Waals surface area (Å²) < 4.78 is 7.74. The van der Waals surface area contributed by atoms with E-state index in [2.05, 4.69) is 28.7 Å². The molecule has 1 aromatic rings. The summed E-state index contributed by atoms with van der Waals surface area (Å²) in [5, 5.41) is 3.40. The van der Waals surface area contributed by atoms with Crippen LogP contribution in [0.5, 0.6) is 0 Å². The summed E-state index contributed by atoms with van der Waals surface area (Å²) in [4.78, 5) is 4.30. The summed E-state index contributed by atoms with van der Waals surface area (Å²) in [6, 6.07) is 0. The Balaban J connectivity index is 2.10. The highest BCUT2D eigenvalue weighted by Gasteiger charge is 2.23. The second kappa shape index (κ2) is 5.19. The van der Waals surface area contributed by atoms with Gasteiger partial charge in [0.05, 0.1) is 18.5 Å². The van der Waals surface area contributed by atoms with Crippen molar-refractivity contribution in [2.75, 3.05) is 20.2 Å². The molecule has 17 heavy (non-hydrogen) atoms. The van der Waals surface area contributed by atoms with Crippen LogP contribution in [0.15, 0.2) is 12.5 Å². The van der Waals surface area contributed by atoms with Gasteiger partial charge in [-0.15, -0.1) is 0 Å². The lowest BCUT2D eigenvalue weighted by Gasteiger charge is -2.28. The molecule has 4 heteroatoms. The minimum atomic E-state index is -0.137. The normalized spacial score (nSPS) is 18.5. The zero-order chi connectivity index (χ0) is 12.3. The molecule has 0 unspecified atom stereocenters. The van der Waals surface area contributed by atoms with Crippen molar-refractivity contribution in [3.05, 3.63) is 18.2 Å². The Kier molecular flexibility index (Phi) is 3.84. The number of nitrogens with zero attached hydrogens (tertiary/aromatic N) is 2. The van der Waals surface area contributed by atoms with Crippen LogP contribution in [0.3, 0.4) is 0 Å². The van der Waals surface area contributed by atoms with E-state index in [1.165, 1.54) is 18.5 Å². The van der Waals surface area contributed by atoms with Crippen LogP contribution in [0.1, 0.15) is 38.3 Å². The van der Waals surface area contributed by atoms with E-state index in [0.29, 0.717) is 5.92 Å². The third kappa shape index (κ3) is 3.07. The van der Waals surface area contributed by atoms with Crippen LogP contribution in [-0.4, -0.2) is 35.4 Å². The zero-order valence-electron chi connectivity index (χ0n) is 11.1. The molecule has 1 aliphatic rings. The summed E-state index contributed by atoms with van der Waals surface area (Å²) in [5.74, 6) is 0.645. The van der Waals surface area contributed by atoms with Gasteiger partial charge in [-0.3, -0.25) is 0 Å². The molecule has 2 heterocycles. The van der Waals surface area contributed by atoms with E-state index < -0.39 is 0 Å². The molecule has 0 saturated carbocycles. The highest BCUT2D eigenvalue weighted by atomic mass is 16.5. The summed E-state index contributed by atoms with van der Waals surface area (Å²) in [6.07, 6.45) is 6.36. The topological polar surface area (TPSA) is 39.1 Å². The number of methoxy groups -OCH3 is 1. The number of hydrogen-bond donors (Lipinski definition) is 1. The highest BCUT2D eigenvalue weighted by molar-refractivity contribution is 5.08. The molecule has 1 aromatic heterocycles. The van der Waals surface area contributed by atoms with Gasteiger partial charge in [0.1, 0.15) is 0 Å². The number of ether oxygens (including phenoxy) is 1. The van der Waals surface area contributed by atoms with E-state index in [-0.39, 0.29) is 5.60 Å². The maximum Gasteiger partial charge on any atom is 0.0949 e. The third-order valence-corrected chi connectivity index (χ3v) is 3.61. The molecule has 0 aromatic carbocycles. The number of imidazole rings is 1. The van der Waals surface area contributed by atoms with Crippen LogP contribution in [0.4, 0.5) is 0 Å². The first-order chi connectivity index (χ1) is 8.12. The fourth-order valence-corrected chi connectivity index (χ4v) is 2.40. The molecule has 2 rings (SSSR count). The van der Waals surface area contributed by atoms with Crippen molar-refractivity contribution in [3.63, 3.8) is 0 Å². The number of rotatable bonds is 4. The Morgan fingerprint density at radius 1 is 1.47 bits per heavy atom. The molecule has 1 saturated heterocycles. The molecule has 4 nitrogen and oxygen atoms in total. The average molecular weight is 237 g/mol. The lowest BCUT2D eigenvalue weighted by Crippen LogP contribution is -2.32. The largest absolute Gasteiger partial charge is 0.377 e. The van der Waals surface area contributed by atoms with Gasteiger partial charge in [0, 0.05) is 24.9 Å². The fourth-order valence-electron chi connectivity index (χ4n) is 2.40. The number of piperidine rings is 1. The highest BCUT2D eigenvalue weighted by Crippen LogP contribution is 2.26. The monoisotopic (exact) mass is 237 g/mol. The van der Waals surface area contributed by atoms with Crippen molar-refractivity contribution in [3.8, 4) is 0 Å². The van der Waals surface area contributed by atoms with Gasteiger partial charge in [-0.05, 0) is 39.8 Å². The molecule has 0 atom stereocenters. The predicted octanol–water partition coefficient (Wildman–Crippen LogP) is 1.78. The minimum Gasteiger partial charge on any atom is -0.377 e. The number of aromatic nitrogens is 2. The van der Waals surface area contributed by atoms with Crippen LogP contribution in [0.25, 0.3) is 0 Å². The Morgan fingerprint density at radius 2 is 2.18 bits per heavy atom. The van der Waals surface area contributed by atoms with Gasteiger partial charge in [0.2, 0.25) is 0 Å². The van der Waals surface area contributed by atoms with Gasteiger partial charge in [0.25, 0.3) is 0 Å². The van der Waals surface area contributed by atoms with Gasteiger partial charge in [-0.1, -0.05) is 0 Å². The van der Waals surface area contributed by atoms with E-state index in [1.54, 1.807) is 7.11 Å². The standard InChI is InChI=1S/C13H23N3O/c1-13(2,17-3)9-16-10-15-8-12(16)11-4-6-14-7-5-11/h8,10-11,14H,4-7,9H2,1-3H3. The Bertz CT molecular complexity index is 353. The first-order valence-corrected chi connectivity index (χ1v) is 6.38. The minimum absolute atomic E-state index is 0.137. The van der Waals surface area contributed by atoms with Gasteiger partial charge in [-0.25, -0.2) is 4.98 Å². The van der Waals surface area contributed by atoms with Crippen LogP contribution >= 0.6 is 0 Å². The van der Waals surface area contributed by atoms with Gasteiger partial charge < -0.3 is 14.6 Å². The molecule has 1 N–H and O–H groups in total. The summed E-state index contributed by atoms with van der Waals surface area (Å²) in [6.45, 7) is 7.31. The van der Waals surface area contributed by atoms with Gasteiger partial charge in [-0.2, -0.15) is 0 Å². The van der Waals surface area contributed by atoms with Crippen LogP contribution < -0.4 is 5.32 Å². The van der Waals surface area contributed by atoms with Crippen molar-refractivity contribution in [2.24, 2.45) is 0 Å². The maximum atomic E-state index is 5.49. The molecule has 96 valence electrons. The molecular weight excluding hydrogens is 214 g/mol. The molecule has 0 radical (unpaired) electrons. The van der Waals surface area contributed by atoms with E-state index in [1.807, 2.05) is 12.5 Å². The maximum absolute atomic E-state index is 5.49. The Labute approximate surface area is 103 Å². The van der Waals surface area contributed by atoms with Crippen LogP contribution in [0.2, 0.25) is 0 Å². The predicted molar refractivity (Wildman–Crippen MR) is 68.2 cm³/mol. The van der Waals surface area contributed by atoms with Crippen molar-refractivity contribution in [2.45, 2.75) is 44.8 Å². The zero-order valence-corrected chi connectivity index (χ0v) is 11.1. The lowest BCUT2D eigenvalue weighted by molar-refractivity contribution is 0.00729. The Hall–Kier alpha value is -0.870. The Morgan fingerprint density at radius 3 is 2.82 bits per heavy atom. The molecule has 0 aliphatic carbocycles. The van der Waals surface area contributed by atoms with E-state index in [9.17, 15) is 0 Å². The average Bonchev–Trinajstić information content (AvgIpc) is 2.77. The van der Waals surface area contributed by atoms with E-state index >= 15 is 0 Å². The van der Waals surface area contributed by atoms with Gasteiger partial charge in [0.15, 0.2) is 0 Å². The smallest absolute Gasteiger partial charge is 0.0949 e. The molecule has 0 bridgehead atoms. The summed E-state index contributed by atoms with van der Waals surface area (Å²) in [7, 11) is 1.77. The third-order valence-electron chi connectivity index (χ3n) is 3.61. The molecule has 0 spiro atoms. The van der Waals surface area contributed by atoms with E-state index in [4.69, 9.17) is 4.74 Å². The molecule has 0 amide bonds. The lowest BCUT2D eigenvalue weighted by atomic mass is 9.94. The van der Waals surface area contributed by atoms with Crippen LogP contribution in [-0.2, 0) is 11.3 Å². The second-order valence-corrected chi connectivity index (χ2v) is 5.43. The summed E-state index contributed by atoms with van der Waals surface area (Å²) >= 11 is 0. The second-order valence-electron chi connectivity index (χ2n) is 5.43. The fraction of sp³-hybridized carbons (Fsp3) is 0.769. The molecular formula is C13H23N3O. The van der Waals surface area contributed by atoms with Crippen molar-refractivity contribution >= 4 is 0 Å². The quantitative estimate of drug-likeness (QED) is 0.867. The van der Waals surface area contributed by atoms with Gasteiger partial charge >= 0.3 is 0 Å². The van der Waals surface area contributed by atoms with Crippen molar-refractivity contribution < 1.29 is 4.74 Å². The summed E-state index contributed by atoms with van der Waals surface area (Å²) in [5.41, 5.74) is 1.22. The van der Waals surface area contributed by atoms with Crippen molar-refractivity contribution in [1.82, 2.24) is 14.9 Å². The van der Waals surface area contributed by atoms with Crippen LogP contribution in [0, 0.1) is 0 Å². The molecule has 1 aliphatic heterocycles. The molecule has 1 fully saturated rings. The SMILES string of the molecule is COC(C)(C)Cn1cncc1C1CCNCC1.